The number of benzene rings is 1. The quantitative estimate of drug-likeness (QED) is 0.743. The van der Waals surface area contributed by atoms with E-state index in [-0.39, 0.29) is 18.4 Å². The number of carbonyl (C=O) groups excluding carboxylic acids is 2. The summed E-state index contributed by atoms with van der Waals surface area (Å²) in [6, 6.07) is 7.04. The minimum Gasteiger partial charge on any atom is -0.392 e. The number of rotatable bonds is 6. The van der Waals surface area contributed by atoms with Gasteiger partial charge in [0.05, 0.1) is 6.61 Å². The van der Waals surface area contributed by atoms with Crippen LogP contribution < -0.4 is 10.6 Å². The molecule has 0 aliphatic heterocycles. The summed E-state index contributed by atoms with van der Waals surface area (Å²) in [6.07, 6.45) is 0.706. The monoisotopic (exact) mass is 306 g/mol. The number of hydrogen-bond acceptors (Lipinski definition) is 3. The largest absolute Gasteiger partial charge is 0.392 e. The van der Waals surface area contributed by atoms with Crippen molar-refractivity contribution in [2.45, 2.75) is 46.8 Å². The first-order valence-electron chi connectivity index (χ1n) is 7.51. The van der Waals surface area contributed by atoms with Crippen molar-refractivity contribution in [3.8, 4) is 0 Å². The van der Waals surface area contributed by atoms with Crippen LogP contribution in [0.3, 0.4) is 0 Å². The number of nitrogens with one attached hydrogen (secondary N) is 2. The van der Waals surface area contributed by atoms with Crippen LogP contribution in [0.5, 0.6) is 0 Å². The molecule has 22 heavy (non-hydrogen) atoms. The number of carbonyl (C=O) groups is 2. The average Bonchev–Trinajstić information content (AvgIpc) is 2.46. The maximum Gasteiger partial charge on any atom is 0.242 e. The van der Waals surface area contributed by atoms with Gasteiger partial charge in [-0.25, -0.2) is 0 Å². The van der Waals surface area contributed by atoms with E-state index in [1.807, 2.05) is 45.0 Å². The summed E-state index contributed by atoms with van der Waals surface area (Å²) in [4.78, 5) is 23.8. The van der Waals surface area contributed by atoms with Gasteiger partial charge in [0.15, 0.2) is 0 Å². The van der Waals surface area contributed by atoms with Crippen LogP contribution >= 0.6 is 0 Å². The molecule has 1 aromatic rings. The Morgan fingerprint density at radius 1 is 1.14 bits per heavy atom. The molecule has 0 spiro atoms. The van der Waals surface area contributed by atoms with Gasteiger partial charge in [0.1, 0.15) is 6.04 Å². The van der Waals surface area contributed by atoms with Gasteiger partial charge < -0.3 is 15.7 Å². The molecular formula is C17H26N2O3. The van der Waals surface area contributed by atoms with E-state index in [9.17, 15) is 9.59 Å². The summed E-state index contributed by atoms with van der Waals surface area (Å²) in [5.41, 5.74) is 1.44. The molecule has 2 amide bonds. The molecule has 0 heterocycles. The topological polar surface area (TPSA) is 78.4 Å². The van der Waals surface area contributed by atoms with Gasteiger partial charge in [-0.05, 0) is 24.5 Å². The van der Waals surface area contributed by atoms with Gasteiger partial charge in [-0.3, -0.25) is 9.59 Å². The summed E-state index contributed by atoms with van der Waals surface area (Å²) in [5, 5.41) is 14.5. The Balaban J connectivity index is 2.37. The fourth-order valence-electron chi connectivity index (χ4n) is 1.77. The van der Waals surface area contributed by atoms with Crippen molar-refractivity contribution in [2.75, 3.05) is 6.54 Å². The lowest BCUT2D eigenvalue weighted by molar-refractivity contribution is -0.133. The van der Waals surface area contributed by atoms with E-state index >= 15 is 0 Å². The van der Waals surface area contributed by atoms with Crippen molar-refractivity contribution in [2.24, 2.45) is 5.41 Å². The fourth-order valence-corrected chi connectivity index (χ4v) is 1.77. The van der Waals surface area contributed by atoms with E-state index in [2.05, 4.69) is 10.6 Å². The van der Waals surface area contributed by atoms with E-state index in [0.717, 1.165) is 11.1 Å². The van der Waals surface area contributed by atoms with Gasteiger partial charge in [0, 0.05) is 12.0 Å². The molecule has 1 aromatic carbocycles. The first kappa shape index (κ1) is 18.2. The molecular weight excluding hydrogens is 280 g/mol. The highest BCUT2D eigenvalue weighted by atomic mass is 16.3. The Labute approximate surface area is 132 Å². The van der Waals surface area contributed by atoms with Crippen LogP contribution in [0.2, 0.25) is 0 Å². The van der Waals surface area contributed by atoms with Crippen LogP contribution in [-0.4, -0.2) is 29.5 Å². The Hall–Kier alpha value is -1.88. The molecule has 0 saturated heterocycles. The molecule has 5 nitrogen and oxygen atoms in total. The summed E-state index contributed by atoms with van der Waals surface area (Å²) >= 11 is 0. The summed E-state index contributed by atoms with van der Waals surface area (Å²) < 4.78 is 0. The van der Waals surface area contributed by atoms with Gasteiger partial charge in [-0.1, -0.05) is 45.0 Å². The van der Waals surface area contributed by atoms with E-state index in [1.54, 1.807) is 6.92 Å². The second-order valence-corrected chi connectivity index (χ2v) is 6.46. The van der Waals surface area contributed by atoms with E-state index in [0.29, 0.717) is 13.0 Å². The summed E-state index contributed by atoms with van der Waals surface area (Å²) in [5.74, 6) is -0.334. The highest BCUT2D eigenvalue weighted by Crippen LogP contribution is 2.12. The van der Waals surface area contributed by atoms with Crippen molar-refractivity contribution in [1.29, 1.82) is 0 Å². The lowest BCUT2D eigenvalue weighted by Gasteiger charge is -2.21. The van der Waals surface area contributed by atoms with Crippen LogP contribution in [0, 0.1) is 5.41 Å². The predicted octanol–water partition coefficient (Wildman–Crippen LogP) is 1.39. The normalized spacial score (nSPS) is 12.6. The zero-order chi connectivity index (χ0) is 16.8. The predicted molar refractivity (Wildman–Crippen MR) is 86.1 cm³/mol. The van der Waals surface area contributed by atoms with Crippen molar-refractivity contribution >= 4 is 11.8 Å². The second-order valence-electron chi connectivity index (χ2n) is 6.46. The molecule has 0 aromatic heterocycles. The van der Waals surface area contributed by atoms with Crippen LogP contribution in [0.1, 0.15) is 38.8 Å². The smallest absolute Gasteiger partial charge is 0.242 e. The van der Waals surface area contributed by atoms with Gasteiger partial charge in [0.25, 0.3) is 0 Å². The second kappa shape index (κ2) is 7.94. The molecule has 5 heteroatoms. The molecule has 122 valence electrons. The molecule has 0 bridgehead atoms. The SMILES string of the molecule is CC(NC(=O)C(C)(C)C)C(=O)NCCc1ccc(CO)cc1. The van der Waals surface area contributed by atoms with E-state index < -0.39 is 11.5 Å². The molecule has 1 rings (SSSR count). The maximum atomic E-state index is 11.9. The Morgan fingerprint density at radius 3 is 2.18 bits per heavy atom. The highest BCUT2D eigenvalue weighted by molar-refractivity contribution is 5.89. The number of aliphatic hydroxyl groups excluding tert-OH is 1. The fraction of sp³-hybridized carbons (Fsp3) is 0.529. The number of amides is 2. The average molecular weight is 306 g/mol. The standard InChI is InChI=1S/C17H26N2O3/c1-12(19-16(22)17(2,3)4)15(21)18-10-9-13-5-7-14(11-20)8-6-13/h5-8,12,20H,9-11H2,1-4H3,(H,18,21)(H,19,22). The maximum absolute atomic E-state index is 11.9. The van der Waals surface area contributed by atoms with Crippen molar-refractivity contribution in [1.82, 2.24) is 10.6 Å². The van der Waals surface area contributed by atoms with Gasteiger partial charge in [-0.15, -0.1) is 0 Å². The van der Waals surface area contributed by atoms with Crippen LogP contribution in [-0.2, 0) is 22.6 Å². The van der Waals surface area contributed by atoms with Crippen LogP contribution in [0.4, 0.5) is 0 Å². The lowest BCUT2D eigenvalue weighted by Crippen LogP contribution is -2.48. The third-order valence-electron chi connectivity index (χ3n) is 3.34. The third-order valence-corrected chi connectivity index (χ3v) is 3.34. The molecule has 3 N–H and O–H groups in total. The minimum atomic E-state index is -0.552. The van der Waals surface area contributed by atoms with E-state index in [1.165, 1.54) is 0 Å². The number of aliphatic hydroxyl groups is 1. The van der Waals surface area contributed by atoms with Crippen LogP contribution in [0.15, 0.2) is 24.3 Å². The first-order chi connectivity index (χ1) is 10.2. The summed E-state index contributed by atoms with van der Waals surface area (Å²) in [7, 11) is 0. The Bertz CT molecular complexity index is 504. The van der Waals surface area contributed by atoms with Crippen LogP contribution in [0.25, 0.3) is 0 Å². The summed E-state index contributed by atoms with van der Waals surface area (Å²) in [6.45, 7) is 7.64. The van der Waals surface area contributed by atoms with Gasteiger partial charge in [0.2, 0.25) is 11.8 Å². The zero-order valence-corrected chi connectivity index (χ0v) is 13.8. The number of hydrogen-bond donors (Lipinski definition) is 3. The Morgan fingerprint density at radius 2 is 1.68 bits per heavy atom. The van der Waals surface area contributed by atoms with Crippen molar-refractivity contribution < 1.29 is 14.7 Å². The molecule has 0 fully saturated rings. The van der Waals surface area contributed by atoms with Gasteiger partial charge in [-0.2, -0.15) is 0 Å². The zero-order valence-electron chi connectivity index (χ0n) is 13.8. The molecule has 0 aliphatic rings. The van der Waals surface area contributed by atoms with Crippen molar-refractivity contribution in [3.05, 3.63) is 35.4 Å². The lowest BCUT2D eigenvalue weighted by atomic mass is 9.95. The molecule has 0 radical (unpaired) electrons. The Kier molecular flexibility index (Phi) is 6.56. The third kappa shape index (κ3) is 5.85. The van der Waals surface area contributed by atoms with Gasteiger partial charge >= 0.3 is 0 Å². The van der Waals surface area contributed by atoms with Crippen molar-refractivity contribution in [3.63, 3.8) is 0 Å². The molecule has 1 atom stereocenters. The van der Waals surface area contributed by atoms with E-state index in [4.69, 9.17) is 5.11 Å². The molecule has 0 saturated carbocycles. The first-order valence-corrected chi connectivity index (χ1v) is 7.51. The minimum absolute atomic E-state index is 0.0298. The highest BCUT2D eigenvalue weighted by Gasteiger charge is 2.24. The molecule has 1 unspecified atom stereocenters. The molecule has 0 aliphatic carbocycles.